The van der Waals surface area contributed by atoms with Crippen molar-refractivity contribution in [1.82, 2.24) is 15.2 Å². The second-order valence-electron chi connectivity index (χ2n) is 6.37. The molecular weight excluding hydrogens is 260 g/mol. The maximum atomic E-state index is 4.30. The third-order valence-electron chi connectivity index (χ3n) is 4.20. The number of piperidine rings is 1. The number of nitrogens with zero attached hydrogens (tertiary/aromatic N) is 3. The SMILES string of the molecule is CCCNCc1cnccc1N1CCC(CN(C)C)CC1. The molecule has 1 aromatic rings. The van der Waals surface area contributed by atoms with Crippen LogP contribution in [-0.2, 0) is 6.54 Å². The van der Waals surface area contributed by atoms with E-state index in [0.29, 0.717) is 0 Å². The van der Waals surface area contributed by atoms with E-state index in [-0.39, 0.29) is 0 Å². The standard InChI is InChI=1S/C17H30N4/c1-4-8-18-12-16-13-19-9-5-17(16)21-10-6-15(7-11-21)14-20(2)3/h5,9,13,15,18H,4,6-8,10-12,14H2,1-3H3. The molecule has 1 aliphatic heterocycles. The van der Waals surface area contributed by atoms with E-state index >= 15 is 0 Å². The first-order valence-corrected chi connectivity index (χ1v) is 8.24. The van der Waals surface area contributed by atoms with Gasteiger partial charge in [-0.05, 0) is 51.9 Å². The molecule has 0 atom stereocenters. The van der Waals surface area contributed by atoms with E-state index in [1.807, 2.05) is 12.4 Å². The zero-order valence-corrected chi connectivity index (χ0v) is 13.8. The number of hydrogen-bond acceptors (Lipinski definition) is 4. The van der Waals surface area contributed by atoms with Crippen LogP contribution in [0.5, 0.6) is 0 Å². The minimum absolute atomic E-state index is 0.847. The number of hydrogen-bond donors (Lipinski definition) is 1. The van der Waals surface area contributed by atoms with Crippen LogP contribution in [-0.4, -0.2) is 50.2 Å². The van der Waals surface area contributed by atoms with Crippen LogP contribution in [0.2, 0.25) is 0 Å². The summed E-state index contributed by atoms with van der Waals surface area (Å²) in [4.78, 5) is 9.15. The van der Waals surface area contributed by atoms with Gasteiger partial charge in [0.2, 0.25) is 0 Å². The van der Waals surface area contributed by atoms with Crippen LogP contribution in [0, 0.1) is 5.92 Å². The first-order valence-electron chi connectivity index (χ1n) is 8.24. The third kappa shape index (κ3) is 4.97. The lowest BCUT2D eigenvalue weighted by molar-refractivity contribution is 0.285. The molecule has 2 rings (SSSR count). The molecule has 1 N–H and O–H groups in total. The molecule has 0 amide bonds. The second kappa shape index (κ2) is 8.35. The fourth-order valence-electron chi connectivity index (χ4n) is 3.14. The average Bonchev–Trinajstić information content (AvgIpc) is 2.48. The molecule has 4 nitrogen and oxygen atoms in total. The van der Waals surface area contributed by atoms with E-state index in [9.17, 15) is 0 Å². The predicted molar refractivity (Wildman–Crippen MR) is 89.7 cm³/mol. The Bertz CT molecular complexity index is 411. The Kier molecular flexibility index (Phi) is 6.46. The largest absolute Gasteiger partial charge is 0.371 e. The lowest BCUT2D eigenvalue weighted by atomic mass is 9.95. The lowest BCUT2D eigenvalue weighted by Crippen LogP contribution is -2.37. The van der Waals surface area contributed by atoms with Crippen molar-refractivity contribution in [1.29, 1.82) is 0 Å². The fraction of sp³-hybridized carbons (Fsp3) is 0.706. The molecule has 1 aliphatic rings. The van der Waals surface area contributed by atoms with Crippen LogP contribution in [0.3, 0.4) is 0 Å². The van der Waals surface area contributed by atoms with Gasteiger partial charge in [0, 0.05) is 49.8 Å². The Balaban J connectivity index is 1.93. The molecular formula is C17H30N4. The summed E-state index contributed by atoms with van der Waals surface area (Å²) in [7, 11) is 4.35. The van der Waals surface area contributed by atoms with Gasteiger partial charge in [-0.15, -0.1) is 0 Å². The van der Waals surface area contributed by atoms with E-state index < -0.39 is 0 Å². The summed E-state index contributed by atoms with van der Waals surface area (Å²) in [5, 5.41) is 3.49. The van der Waals surface area contributed by atoms with Crippen molar-refractivity contribution in [2.75, 3.05) is 45.2 Å². The van der Waals surface area contributed by atoms with E-state index in [1.54, 1.807) is 0 Å². The molecule has 0 radical (unpaired) electrons. The maximum absolute atomic E-state index is 4.30. The highest BCUT2D eigenvalue weighted by molar-refractivity contribution is 5.52. The summed E-state index contributed by atoms with van der Waals surface area (Å²) in [6.45, 7) is 7.75. The van der Waals surface area contributed by atoms with E-state index in [2.05, 4.69) is 47.2 Å². The zero-order valence-electron chi connectivity index (χ0n) is 13.8. The van der Waals surface area contributed by atoms with Crippen LogP contribution in [0.25, 0.3) is 0 Å². The molecule has 0 spiro atoms. The first kappa shape index (κ1) is 16.2. The zero-order chi connectivity index (χ0) is 15.1. The number of anilines is 1. The Morgan fingerprint density at radius 1 is 1.33 bits per heavy atom. The minimum Gasteiger partial charge on any atom is -0.371 e. The molecule has 1 fully saturated rings. The predicted octanol–water partition coefficient (Wildman–Crippen LogP) is 2.36. The van der Waals surface area contributed by atoms with Gasteiger partial charge in [-0.25, -0.2) is 0 Å². The summed E-state index contributed by atoms with van der Waals surface area (Å²) in [6.07, 6.45) is 7.70. The van der Waals surface area contributed by atoms with Crippen molar-refractivity contribution < 1.29 is 0 Å². The second-order valence-corrected chi connectivity index (χ2v) is 6.37. The number of pyridine rings is 1. The summed E-state index contributed by atoms with van der Waals surface area (Å²) >= 11 is 0. The fourth-order valence-corrected chi connectivity index (χ4v) is 3.14. The molecule has 21 heavy (non-hydrogen) atoms. The summed E-state index contributed by atoms with van der Waals surface area (Å²) in [5.74, 6) is 0.847. The van der Waals surface area contributed by atoms with Crippen molar-refractivity contribution in [2.24, 2.45) is 5.92 Å². The number of aromatic nitrogens is 1. The van der Waals surface area contributed by atoms with Gasteiger partial charge in [-0.1, -0.05) is 6.92 Å². The molecule has 1 aromatic heterocycles. The summed E-state index contributed by atoms with van der Waals surface area (Å²) in [5.41, 5.74) is 2.70. The van der Waals surface area contributed by atoms with Crippen LogP contribution in [0.15, 0.2) is 18.5 Å². The van der Waals surface area contributed by atoms with Crippen LogP contribution >= 0.6 is 0 Å². The highest BCUT2D eigenvalue weighted by Gasteiger charge is 2.21. The topological polar surface area (TPSA) is 31.4 Å². The molecule has 0 unspecified atom stereocenters. The van der Waals surface area contributed by atoms with Crippen LogP contribution in [0.4, 0.5) is 5.69 Å². The highest BCUT2D eigenvalue weighted by Crippen LogP contribution is 2.26. The Labute approximate surface area is 129 Å². The van der Waals surface area contributed by atoms with Gasteiger partial charge < -0.3 is 15.1 Å². The molecule has 0 aliphatic carbocycles. The van der Waals surface area contributed by atoms with E-state index in [1.165, 1.54) is 50.1 Å². The van der Waals surface area contributed by atoms with Crippen molar-refractivity contribution in [3.8, 4) is 0 Å². The van der Waals surface area contributed by atoms with Gasteiger partial charge in [0.1, 0.15) is 0 Å². The minimum atomic E-state index is 0.847. The molecule has 0 saturated carbocycles. The summed E-state index contributed by atoms with van der Waals surface area (Å²) < 4.78 is 0. The lowest BCUT2D eigenvalue weighted by Gasteiger charge is -2.35. The first-order chi connectivity index (χ1) is 10.2. The Hall–Kier alpha value is -1.13. The Morgan fingerprint density at radius 2 is 2.10 bits per heavy atom. The van der Waals surface area contributed by atoms with Gasteiger partial charge >= 0.3 is 0 Å². The normalized spacial score (nSPS) is 16.7. The quantitative estimate of drug-likeness (QED) is 0.781. The molecule has 4 heteroatoms. The van der Waals surface area contributed by atoms with E-state index in [0.717, 1.165) is 19.0 Å². The van der Waals surface area contributed by atoms with Gasteiger partial charge in [0.05, 0.1) is 0 Å². The monoisotopic (exact) mass is 290 g/mol. The van der Waals surface area contributed by atoms with Crippen molar-refractivity contribution in [3.05, 3.63) is 24.0 Å². The number of rotatable bonds is 7. The van der Waals surface area contributed by atoms with Gasteiger partial charge in [-0.3, -0.25) is 4.98 Å². The smallest absolute Gasteiger partial charge is 0.0442 e. The molecule has 118 valence electrons. The van der Waals surface area contributed by atoms with Crippen molar-refractivity contribution in [2.45, 2.75) is 32.7 Å². The molecule has 2 heterocycles. The third-order valence-corrected chi connectivity index (χ3v) is 4.20. The maximum Gasteiger partial charge on any atom is 0.0442 e. The van der Waals surface area contributed by atoms with Crippen molar-refractivity contribution >= 4 is 5.69 Å². The summed E-state index contributed by atoms with van der Waals surface area (Å²) in [6, 6.07) is 2.18. The van der Waals surface area contributed by atoms with Crippen molar-refractivity contribution in [3.63, 3.8) is 0 Å². The van der Waals surface area contributed by atoms with Crippen LogP contribution < -0.4 is 10.2 Å². The van der Waals surface area contributed by atoms with Gasteiger partial charge in [-0.2, -0.15) is 0 Å². The molecule has 0 bridgehead atoms. The van der Waals surface area contributed by atoms with Gasteiger partial charge in [0.25, 0.3) is 0 Å². The number of nitrogens with one attached hydrogen (secondary N) is 1. The van der Waals surface area contributed by atoms with Gasteiger partial charge in [0.15, 0.2) is 0 Å². The van der Waals surface area contributed by atoms with E-state index in [4.69, 9.17) is 0 Å². The average molecular weight is 290 g/mol. The molecule has 0 aromatic carbocycles. The highest BCUT2D eigenvalue weighted by atomic mass is 15.1. The Morgan fingerprint density at radius 3 is 2.76 bits per heavy atom. The molecule has 1 saturated heterocycles. The van der Waals surface area contributed by atoms with Crippen LogP contribution in [0.1, 0.15) is 31.7 Å².